The second-order valence-electron chi connectivity index (χ2n) is 5.91. The number of carbonyl (C=O) groups is 3. The fourth-order valence-electron chi connectivity index (χ4n) is 2.70. The molecule has 0 atom stereocenters. The van der Waals surface area contributed by atoms with E-state index in [1.54, 1.807) is 36.4 Å². The van der Waals surface area contributed by atoms with Gasteiger partial charge in [-0.15, -0.1) is 0 Å². The lowest BCUT2D eigenvalue weighted by Crippen LogP contribution is -2.28. The second kappa shape index (κ2) is 8.75. The molecule has 0 saturated carbocycles. The Morgan fingerprint density at radius 1 is 1.20 bits per heavy atom. The molecule has 1 aliphatic heterocycles. The van der Waals surface area contributed by atoms with Gasteiger partial charge in [-0.3, -0.25) is 14.5 Å². The van der Waals surface area contributed by atoms with E-state index in [1.807, 2.05) is 0 Å². The summed E-state index contributed by atoms with van der Waals surface area (Å²) >= 11 is 0.780. The highest BCUT2D eigenvalue weighted by atomic mass is 32.2. The zero-order valence-electron chi connectivity index (χ0n) is 15.4. The van der Waals surface area contributed by atoms with Gasteiger partial charge in [-0.2, -0.15) is 5.26 Å². The van der Waals surface area contributed by atoms with Crippen molar-refractivity contribution < 1.29 is 27.9 Å². The van der Waals surface area contributed by atoms with Crippen LogP contribution < -0.4 is 10.2 Å². The molecule has 30 heavy (non-hydrogen) atoms. The second-order valence-corrected chi connectivity index (χ2v) is 6.87. The maximum atomic E-state index is 14.8. The summed E-state index contributed by atoms with van der Waals surface area (Å²) in [6.45, 7) is 0. The molecule has 1 aliphatic rings. The number of halogens is 2. The van der Waals surface area contributed by atoms with Crippen LogP contribution in [0.3, 0.4) is 0 Å². The van der Waals surface area contributed by atoms with Crippen LogP contribution in [-0.4, -0.2) is 30.6 Å². The molecular formula is C20H13F2N3O4S. The molecule has 1 fully saturated rings. The van der Waals surface area contributed by atoms with E-state index in [0.29, 0.717) is 10.6 Å². The first kappa shape index (κ1) is 21.0. The summed E-state index contributed by atoms with van der Waals surface area (Å²) in [5, 5.41) is 11.5. The zero-order chi connectivity index (χ0) is 21.8. The number of benzene rings is 2. The lowest BCUT2D eigenvalue weighted by atomic mass is 10.1. The Morgan fingerprint density at radius 3 is 2.40 bits per heavy atom. The van der Waals surface area contributed by atoms with E-state index in [2.05, 4.69) is 10.1 Å². The van der Waals surface area contributed by atoms with Crippen molar-refractivity contribution in [2.45, 2.75) is 0 Å². The first-order valence-corrected chi connectivity index (χ1v) is 9.39. The van der Waals surface area contributed by atoms with Crippen molar-refractivity contribution in [1.82, 2.24) is 0 Å². The molecule has 2 aromatic carbocycles. The normalized spacial score (nSPS) is 14.9. The van der Waals surface area contributed by atoms with Crippen LogP contribution in [0.15, 0.2) is 53.1 Å². The van der Waals surface area contributed by atoms with E-state index in [9.17, 15) is 28.4 Å². The highest BCUT2D eigenvalue weighted by Crippen LogP contribution is 2.39. The van der Waals surface area contributed by atoms with Crippen molar-refractivity contribution in [3.8, 4) is 6.07 Å². The molecule has 0 bridgehead atoms. The molecule has 2 aromatic rings. The molecule has 0 unspecified atom stereocenters. The number of nitrogens with zero attached hydrogens (tertiary/aromatic N) is 2. The van der Waals surface area contributed by atoms with Gasteiger partial charge in [-0.25, -0.2) is 13.6 Å². The van der Waals surface area contributed by atoms with Crippen molar-refractivity contribution in [2.75, 3.05) is 23.1 Å². The number of thioether (sulfide) groups is 1. The molecule has 0 aliphatic carbocycles. The van der Waals surface area contributed by atoms with E-state index in [0.717, 1.165) is 31.0 Å². The lowest BCUT2D eigenvalue weighted by molar-refractivity contribution is -0.135. The number of methoxy groups -OCH3 is 1. The SMILES string of the molecule is COC(=O)C(C#N)=C1SCC(=O)N1c1c(F)cc(C(=O)Nc2ccccc2)cc1F. The fraction of sp³-hybridized carbons (Fsp3) is 0.100. The Kier molecular flexibility index (Phi) is 6.13. The molecule has 152 valence electrons. The minimum atomic E-state index is -1.20. The van der Waals surface area contributed by atoms with Crippen molar-refractivity contribution in [1.29, 1.82) is 5.26 Å². The number of amides is 2. The summed E-state index contributed by atoms with van der Waals surface area (Å²) in [6.07, 6.45) is 0. The number of nitrogens with one attached hydrogen (secondary N) is 1. The maximum Gasteiger partial charge on any atom is 0.351 e. The average molecular weight is 429 g/mol. The Bertz CT molecular complexity index is 1090. The van der Waals surface area contributed by atoms with Gasteiger partial charge in [-0.05, 0) is 24.3 Å². The minimum Gasteiger partial charge on any atom is -0.465 e. The molecule has 0 spiro atoms. The van der Waals surface area contributed by atoms with Crippen molar-refractivity contribution >= 4 is 40.9 Å². The number of hydrogen-bond acceptors (Lipinski definition) is 6. The topological polar surface area (TPSA) is 99.5 Å². The van der Waals surface area contributed by atoms with Crippen LogP contribution in [0, 0.1) is 23.0 Å². The van der Waals surface area contributed by atoms with Crippen LogP contribution in [0.25, 0.3) is 0 Å². The third-order valence-corrected chi connectivity index (χ3v) is 5.09. The van der Waals surface area contributed by atoms with Gasteiger partial charge in [0.05, 0.1) is 12.9 Å². The molecule has 10 heteroatoms. The number of ether oxygens (including phenoxy) is 1. The van der Waals surface area contributed by atoms with Gasteiger partial charge < -0.3 is 10.1 Å². The highest BCUT2D eigenvalue weighted by Gasteiger charge is 2.37. The van der Waals surface area contributed by atoms with E-state index in [1.165, 1.54) is 0 Å². The van der Waals surface area contributed by atoms with Crippen molar-refractivity contribution in [3.05, 3.63) is 70.3 Å². The summed E-state index contributed by atoms with van der Waals surface area (Å²) < 4.78 is 34.1. The third-order valence-electron chi connectivity index (χ3n) is 4.03. The Labute approximate surface area is 173 Å². The van der Waals surface area contributed by atoms with E-state index in [4.69, 9.17) is 0 Å². The number of nitriles is 1. The fourth-order valence-corrected chi connectivity index (χ4v) is 3.69. The van der Waals surface area contributed by atoms with Crippen LogP contribution in [0.2, 0.25) is 0 Å². The molecule has 1 heterocycles. The summed E-state index contributed by atoms with van der Waals surface area (Å²) in [7, 11) is 1.04. The Hall–Kier alpha value is -3.71. The van der Waals surface area contributed by atoms with E-state index < -0.39 is 40.7 Å². The largest absolute Gasteiger partial charge is 0.465 e. The van der Waals surface area contributed by atoms with Gasteiger partial charge in [0.2, 0.25) is 5.91 Å². The van der Waals surface area contributed by atoms with Gasteiger partial charge in [0.25, 0.3) is 5.91 Å². The van der Waals surface area contributed by atoms with E-state index in [-0.39, 0.29) is 16.3 Å². The molecular weight excluding hydrogens is 416 g/mol. The summed E-state index contributed by atoms with van der Waals surface area (Å²) in [6, 6.07) is 11.4. The zero-order valence-corrected chi connectivity index (χ0v) is 16.3. The summed E-state index contributed by atoms with van der Waals surface area (Å²) in [5.74, 6) is -5.17. The summed E-state index contributed by atoms with van der Waals surface area (Å²) in [4.78, 5) is 37.0. The average Bonchev–Trinajstić information content (AvgIpc) is 3.09. The number of rotatable bonds is 4. The maximum absolute atomic E-state index is 14.8. The van der Waals surface area contributed by atoms with Gasteiger partial charge in [0.15, 0.2) is 17.2 Å². The molecule has 1 N–H and O–H groups in total. The molecule has 7 nitrogen and oxygen atoms in total. The molecule has 1 saturated heterocycles. The van der Waals surface area contributed by atoms with Crippen molar-refractivity contribution in [3.63, 3.8) is 0 Å². The monoisotopic (exact) mass is 429 g/mol. The van der Waals surface area contributed by atoms with Gasteiger partial charge in [0, 0.05) is 11.3 Å². The Morgan fingerprint density at radius 2 is 1.83 bits per heavy atom. The smallest absolute Gasteiger partial charge is 0.351 e. The first-order valence-electron chi connectivity index (χ1n) is 8.41. The van der Waals surface area contributed by atoms with Crippen LogP contribution in [0.4, 0.5) is 20.2 Å². The van der Waals surface area contributed by atoms with Gasteiger partial charge in [-0.1, -0.05) is 30.0 Å². The number of anilines is 2. The predicted octanol–water partition coefficient (Wildman–Crippen LogP) is 3.21. The molecule has 3 rings (SSSR count). The van der Waals surface area contributed by atoms with E-state index >= 15 is 0 Å². The van der Waals surface area contributed by atoms with Gasteiger partial charge >= 0.3 is 5.97 Å². The van der Waals surface area contributed by atoms with Crippen LogP contribution >= 0.6 is 11.8 Å². The number of carbonyl (C=O) groups excluding carboxylic acids is 3. The van der Waals surface area contributed by atoms with Crippen LogP contribution in [0.5, 0.6) is 0 Å². The molecule has 0 radical (unpaired) electrons. The minimum absolute atomic E-state index is 0.230. The molecule has 2 amide bonds. The first-order chi connectivity index (χ1) is 14.4. The number of hydrogen-bond donors (Lipinski definition) is 1. The van der Waals surface area contributed by atoms with Crippen LogP contribution in [0.1, 0.15) is 10.4 Å². The highest BCUT2D eigenvalue weighted by molar-refractivity contribution is 8.04. The number of esters is 1. The quantitative estimate of drug-likeness (QED) is 0.455. The third kappa shape index (κ3) is 4.01. The van der Waals surface area contributed by atoms with Crippen LogP contribution in [-0.2, 0) is 14.3 Å². The van der Waals surface area contributed by atoms with Gasteiger partial charge in [0.1, 0.15) is 16.8 Å². The summed E-state index contributed by atoms with van der Waals surface area (Å²) in [5.41, 5.74) is -1.22. The standard InChI is InChI=1S/C20H13F2N3O4S/c1-29-20(28)13(9-23)19-25(16(26)10-30-19)17-14(21)7-11(8-15(17)22)18(27)24-12-5-3-2-4-6-12/h2-8H,10H2,1H3,(H,24,27). The Balaban J connectivity index is 2.01. The predicted molar refractivity (Wildman–Crippen MR) is 105 cm³/mol. The lowest BCUT2D eigenvalue weighted by Gasteiger charge is -2.20. The number of para-hydroxylation sites is 1. The van der Waals surface area contributed by atoms with Crippen molar-refractivity contribution in [2.24, 2.45) is 0 Å². The molecule has 0 aromatic heterocycles.